The molecule has 0 amide bonds. The van der Waals surface area contributed by atoms with Gasteiger partial charge in [0.25, 0.3) is 0 Å². The molecule has 6 nitrogen and oxygen atoms in total. The largest absolute Gasteiger partial charge is 0.393 e. The fourth-order valence-corrected chi connectivity index (χ4v) is 4.77. The molecule has 0 aromatic heterocycles. The molecule has 3 aliphatic carbocycles. The molecule has 3 fully saturated rings. The van der Waals surface area contributed by atoms with Crippen molar-refractivity contribution in [3.63, 3.8) is 0 Å². The van der Waals surface area contributed by atoms with Crippen molar-refractivity contribution in [3.8, 4) is 0 Å². The van der Waals surface area contributed by atoms with Crippen molar-refractivity contribution in [3.05, 3.63) is 11.6 Å². The first-order chi connectivity index (χ1) is 9.36. The van der Waals surface area contributed by atoms with E-state index in [-0.39, 0.29) is 0 Å². The van der Waals surface area contributed by atoms with Crippen molar-refractivity contribution < 1.29 is 28.7 Å². The molecule has 0 radical (unpaired) electrons. The van der Waals surface area contributed by atoms with Gasteiger partial charge in [0.2, 0.25) is 0 Å². The van der Waals surface area contributed by atoms with Gasteiger partial charge in [-0.2, -0.15) is 0 Å². The lowest BCUT2D eigenvalue weighted by Crippen LogP contribution is -2.57. The second-order valence-corrected chi connectivity index (χ2v) is 6.27. The van der Waals surface area contributed by atoms with Crippen LogP contribution in [0.25, 0.3) is 0 Å². The number of hydrogen-bond donors (Lipinski definition) is 0. The van der Waals surface area contributed by atoms with Gasteiger partial charge in [0.15, 0.2) is 0 Å². The summed E-state index contributed by atoms with van der Waals surface area (Å²) in [5.74, 6) is -5.56. The quantitative estimate of drug-likeness (QED) is 0.357. The zero-order valence-corrected chi connectivity index (χ0v) is 10.9. The Morgan fingerprint density at radius 3 is 1.75 bits per heavy atom. The van der Waals surface area contributed by atoms with Crippen LogP contribution in [-0.4, -0.2) is 23.9 Å². The molecule has 0 aromatic rings. The molecule has 5 rings (SSSR count). The number of esters is 4. The Morgan fingerprint density at radius 1 is 0.850 bits per heavy atom. The molecule has 2 bridgehead atoms. The normalized spacial score (nSPS) is 48.7. The molecule has 5 aliphatic rings. The molecule has 2 unspecified atom stereocenters. The van der Waals surface area contributed by atoms with Crippen molar-refractivity contribution in [2.24, 2.45) is 35.0 Å². The second-order valence-electron chi connectivity index (χ2n) is 6.27. The lowest BCUT2D eigenvalue weighted by molar-refractivity contribution is -0.154. The molecule has 0 N–H and O–H groups in total. The van der Waals surface area contributed by atoms with E-state index in [1.807, 2.05) is 13.0 Å². The third-order valence-electron chi connectivity index (χ3n) is 5.35. The van der Waals surface area contributed by atoms with Gasteiger partial charge in [-0.1, -0.05) is 18.6 Å². The molecule has 2 aliphatic heterocycles. The Morgan fingerprint density at radius 2 is 1.30 bits per heavy atom. The van der Waals surface area contributed by atoms with Crippen LogP contribution in [0.1, 0.15) is 13.8 Å². The van der Waals surface area contributed by atoms with E-state index in [0.717, 1.165) is 5.57 Å². The molecule has 0 aromatic carbocycles. The van der Waals surface area contributed by atoms with Gasteiger partial charge >= 0.3 is 23.9 Å². The highest BCUT2D eigenvalue weighted by atomic mass is 16.6. The minimum atomic E-state index is -0.888. The predicted octanol–water partition coefficient (Wildman–Crippen LogP) is 0.214. The van der Waals surface area contributed by atoms with Crippen LogP contribution < -0.4 is 0 Å². The molecule has 2 heterocycles. The second kappa shape index (κ2) is 3.19. The van der Waals surface area contributed by atoms with Crippen LogP contribution >= 0.6 is 0 Å². The van der Waals surface area contributed by atoms with Crippen LogP contribution in [-0.2, 0) is 28.7 Å². The first-order valence-corrected chi connectivity index (χ1v) is 6.56. The van der Waals surface area contributed by atoms with Gasteiger partial charge in [0, 0.05) is 11.3 Å². The van der Waals surface area contributed by atoms with E-state index in [1.54, 1.807) is 6.92 Å². The number of rotatable bonds is 0. The summed E-state index contributed by atoms with van der Waals surface area (Å²) in [6.45, 7) is 3.56. The van der Waals surface area contributed by atoms with E-state index >= 15 is 0 Å². The average Bonchev–Trinajstić information content (AvgIpc) is 2.80. The SMILES string of the molecule is CC1=CC2(C)[C@@H]3C(=O)OC(=O)[C@H]3C1[C@@H]1C(=O)OC(=O)[C@@H]12. The van der Waals surface area contributed by atoms with Gasteiger partial charge in [0.1, 0.15) is 0 Å². The number of cyclic esters (lactones) is 4. The zero-order valence-electron chi connectivity index (χ0n) is 10.9. The van der Waals surface area contributed by atoms with Crippen molar-refractivity contribution >= 4 is 23.9 Å². The van der Waals surface area contributed by atoms with E-state index in [4.69, 9.17) is 9.47 Å². The zero-order chi connectivity index (χ0) is 14.4. The smallest absolute Gasteiger partial charge is 0.318 e. The maximum Gasteiger partial charge on any atom is 0.318 e. The van der Waals surface area contributed by atoms with Crippen molar-refractivity contribution in [2.45, 2.75) is 13.8 Å². The first-order valence-electron chi connectivity index (χ1n) is 6.56. The molecule has 6 heteroatoms. The lowest BCUT2D eigenvalue weighted by Gasteiger charge is -2.51. The Bertz CT molecular complexity index is 588. The third-order valence-corrected chi connectivity index (χ3v) is 5.35. The summed E-state index contributed by atoms with van der Waals surface area (Å²) in [6.07, 6.45) is 1.85. The molecular weight excluding hydrogens is 264 g/mol. The van der Waals surface area contributed by atoms with Crippen molar-refractivity contribution in [1.82, 2.24) is 0 Å². The Kier molecular flexibility index (Phi) is 1.88. The maximum absolute atomic E-state index is 12.0. The van der Waals surface area contributed by atoms with E-state index in [1.165, 1.54) is 0 Å². The van der Waals surface area contributed by atoms with E-state index in [0.29, 0.717) is 0 Å². The number of ether oxygens (including phenoxy) is 2. The molecular formula is C14H12O6. The summed E-state index contributed by atoms with van der Waals surface area (Å²) in [7, 11) is 0. The topological polar surface area (TPSA) is 86.7 Å². The van der Waals surface area contributed by atoms with Crippen LogP contribution in [0, 0.1) is 35.0 Å². The van der Waals surface area contributed by atoms with E-state index in [2.05, 4.69) is 0 Å². The third kappa shape index (κ3) is 1.04. The molecule has 6 atom stereocenters. The standard InChI is InChI=1S/C14H12O6/c1-4-3-14(2)8-6(10(15)19-12(8)17)5(4)7-9(14)13(18)20-11(7)16/h3,5-9H,1-2H3/t5?,6-,7-,8-,9+,14?/m0/s1. The average molecular weight is 276 g/mol. The van der Waals surface area contributed by atoms with Crippen molar-refractivity contribution in [1.29, 1.82) is 0 Å². The van der Waals surface area contributed by atoms with E-state index in [9.17, 15) is 19.2 Å². The van der Waals surface area contributed by atoms with Gasteiger partial charge < -0.3 is 9.47 Å². The molecule has 1 saturated carbocycles. The Hall–Kier alpha value is -1.98. The molecule has 104 valence electrons. The highest BCUT2D eigenvalue weighted by molar-refractivity contribution is 6.03. The van der Waals surface area contributed by atoms with Crippen LogP contribution in [0.15, 0.2) is 11.6 Å². The van der Waals surface area contributed by atoms with Gasteiger partial charge in [-0.15, -0.1) is 0 Å². The van der Waals surface area contributed by atoms with E-state index < -0.39 is 58.9 Å². The van der Waals surface area contributed by atoms with Gasteiger partial charge in [0.05, 0.1) is 23.7 Å². The van der Waals surface area contributed by atoms with Crippen LogP contribution in [0.5, 0.6) is 0 Å². The van der Waals surface area contributed by atoms with Crippen LogP contribution in [0.3, 0.4) is 0 Å². The maximum atomic E-state index is 12.0. The van der Waals surface area contributed by atoms with Crippen molar-refractivity contribution in [2.75, 3.05) is 0 Å². The summed E-state index contributed by atoms with van der Waals surface area (Å²) in [5, 5.41) is 0. The lowest BCUT2D eigenvalue weighted by atomic mass is 9.46. The Balaban J connectivity index is 1.98. The van der Waals surface area contributed by atoms with Crippen LogP contribution in [0.4, 0.5) is 0 Å². The summed E-state index contributed by atoms with van der Waals surface area (Å²) in [4.78, 5) is 47.9. The fraction of sp³-hybridized carbons (Fsp3) is 0.571. The van der Waals surface area contributed by atoms with Gasteiger partial charge in [-0.05, 0) is 6.92 Å². The molecule has 2 saturated heterocycles. The van der Waals surface area contributed by atoms with Gasteiger partial charge in [-0.25, -0.2) is 0 Å². The van der Waals surface area contributed by atoms with Crippen LogP contribution in [0.2, 0.25) is 0 Å². The predicted molar refractivity (Wildman–Crippen MR) is 61.5 cm³/mol. The minimum Gasteiger partial charge on any atom is -0.393 e. The highest BCUT2D eigenvalue weighted by Gasteiger charge is 2.73. The monoisotopic (exact) mass is 276 g/mol. The number of carbonyl (C=O) groups excluding carboxylic acids is 4. The molecule has 0 spiro atoms. The number of allylic oxidation sites excluding steroid dienone is 2. The first kappa shape index (κ1) is 11.8. The summed E-state index contributed by atoms with van der Waals surface area (Å²) in [6, 6.07) is 0. The summed E-state index contributed by atoms with van der Waals surface area (Å²) >= 11 is 0. The minimum absolute atomic E-state index is 0.468. The summed E-state index contributed by atoms with van der Waals surface area (Å²) in [5.41, 5.74) is -0.0333. The molecule has 20 heavy (non-hydrogen) atoms. The van der Waals surface area contributed by atoms with Gasteiger partial charge in [-0.3, -0.25) is 19.2 Å². The Labute approximate surface area is 114 Å². The number of carbonyl (C=O) groups is 4. The number of hydrogen-bond acceptors (Lipinski definition) is 6. The highest BCUT2D eigenvalue weighted by Crippen LogP contribution is 2.64. The fourth-order valence-electron chi connectivity index (χ4n) is 4.77. The summed E-state index contributed by atoms with van der Waals surface area (Å²) < 4.78 is 9.53.